The van der Waals surface area contributed by atoms with Gasteiger partial charge in [0.05, 0.1) is 34.9 Å². The molecule has 0 spiro atoms. The van der Waals surface area contributed by atoms with Gasteiger partial charge in [-0.05, 0) is 68.8 Å². The number of ether oxygens (including phenoxy) is 1. The van der Waals surface area contributed by atoms with Crippen molar-refractivity contribution in [1.29, 1.82) is 16.2 Å². The third-order valence-electron chi connectivity index (χ3n) is 6.58. The van der Waals surface area contributed by atoms with E-state index in [1.807, 2.05) is 0 Å². The van der Waals surface area contributed by atoms with Crippen molar-refractivity contribution in [1.82, 2.24) is 16.3 Å². The highest BCUT2D eigenvalue weighted by molar-refractivity contribution is 6.12. The summed E-state index contributed by atoms with van der Waals surface area (Å²) in [5.74, 6) is -2.48. The van der Waals surface area contributed by atoms with Crippen LogP contribution >= 0.6 is 0 Å². The Labute approximate surface area is 284 Å². The van der Waals surface area contributed by atoms with Crippen LogP contribution in [0, 0.1) is 26.3 Å². The lowest BCUT2D eigenvalue weighted by molar-refractivity contribution is -0.384. The van der Waals surface area contributed by atoms with E-state index in [1.165, 1.54) is 13.2 Å². The number of guanidine groups is 3. The Morgan fingerprint density at radius 2 is 1.12 bits per heavy atom. The van der Waals surface area contributed by atoms with Crippen LogP contribution in [0.3, 0.4) is 0 Å². The first-order valence-corrected chi connectivity index (χ1v) is 14.3. The average Bonchev–Trinajstić information content (AvgIpc) is 3.07. The monoisotopic (exact) mass is 685 g/mol. The number of nitrogens with two attached hydrogens (primary N) is 3. The maximum atomic E-state index is 13.5. The van der Waals surface area contributed by atoms with Gasteiger partial charge in [-0.15, -0.1) is 0 Å². The average molecular weight is 686 g/mol. The van der Waals surface area contributed by atoms with E-state index in [0.717, 1.165) is 12.1 Å². The molecule has 50 heavy (non-hydrogen) atoms. The SMILES string of the molecule is COc1ccc(/C(C)=N/NC(=N)N)cc1NC(=O)c1cc(C(=O)Nc2cc(/C(C)=N/NC(=N)N)cc(/C(C)=N/NC(=N)N)c2)cc([N+](=O)[O-])c1. The highest BCUT2D eigenvalue weighted by Crippen LogP contribution is 2.28. The summed E-state index contributed by atoms with van der Waals surface area (Å²) in [6.07, 6.45) is 0. The first-order chi connectivity index (χ1) is 23.6. The predicted octanol–water partition coefficient (Wildman–Crippen LogP) is 1.73. The van der Waals surface area contributed by atoms with Crippen molar-refractivity contribution in [2.45, 2.75) is 20.8 Å². The molecule has 3 rings (SSSR count). The largest absolute Gasteiger partial charge is 0.495 e. The number of nitro benzene ring substituents is 1. The number of carbonyl (C=O) groups excluding carboxylic acids is 2. The molecule has 0 saturated heterocycles. The number of nitrogens with one attached hydrogen (secondary N) is 8. The van der Waals surface area contributed by atoms with Crippen molar-refractivity contribution in [3.8, 4) is 5.75 Å². The van der Waals surface area contributed by atoms with Gasteiger partial charge in [0.25, 0.3) is 17.5 Å². The van der Waals surface area contributed by atoms with E-state index in [9.17, 15) is 19.7 Å². The second kappa shape index (κ2) is 16.4. The van der Waals surface area contributed by atoms with E-state index in [4.69, 9.17) is 38.2 Å². The van der Waals surface area contributed by atoms with Crippen LogP contribution in [0.1, 0.15) is 58.2 Å². The summed E-state index contributed by atoms with van der Waals surface area (Å²) >= 11 is 0. The van der Waals surface area contributed by atoms with Crippen LogP contribution in [0.4, 0.5) is 17.1 Å². The molecule has 0 bridgehead atoms. The van der Waals surface area contributed by atoms with Crippen LogP contribution in [-0.4, -0.2) is 58.9 Å². The third kappa shape index (κ3) is 10.3. The molecule has 2 amide bonds. The van der Waals surface area contributed by atoms with Gasteiger partial charge in [-0.25, -0.2) is 16.3 Å². The number of anilines is 2. The number of benzene rings is 3. The summed E-state index contributed by atoms with van der Waals surface area (Å²) in [6.45, 7) is 4.88. The molecular formula is C30H35N15O5. The molecule has 0 aliphatic rings. The Hall–Kier alpha value is -7.38. The number of non-ortho nitro benzene ring substituents is 1. The number of hydrazone groups is 3. The van der Waals surface area contributed by atoms with Gasteiger partial charge >= 0.3 is 0 Å². The Balaban J connectivity index is 2.02. The smallest absolute Gasteiger partial charge is 0.271 e. The number of nitrogens with zero attached hydrogens (tertiary/aromatic N) is 4. The quantitative estimate of drug-likeness (QED) is 0.0564. The van der Waals surface area contributed by atoms with Crippen molar-refractivity contribution in [3.63, 3.8) is 0 Å². The topological polar surface area (TPSA) is 333 Å². The molecule has 0 unspecified atom stereocenters. The Kier molecular flexibility index (Phi) is 12.2. The number of nitro groups is 1. The van der Waals surface area contributed by atoms with E-state index in [-0.39, 0.29) is 34.2 Å². The zero-order valence-corrected chi connectivity index (χ0v) is 27.3. The lowest BCUT2D eigenvalue weighted by atomic mass is 10.0. The van der Waals surface area contributed by atoms with E-state index < -0.39 is 34.3 Å². The van der Waals surface area contributed by atoms with E-state index in [1.54, 1.807) is 57.2 Å². The van der Waals surface area contributed by atoms with E-state index in [2.05, 4.69) is 42.2 Å². The number of amides is 2. The normalized spacial score (nSPS) is 11.6. The summed E-state index contributed by atoms with van der Waals surface area (Å²) in [7, 11) is 1.39. The van der Waals surface area contributed by atoms with Crippen LogP contribution in [-0.2, 0) is 0 Å². The lowest BCUT2D eigenvalue weighted by Crippen LogP contribution is -2.27. The third-order valence-corrected chi connectivity index (χ3v) is 6.58. The minimum absolute atomic E-state index is 0.196. The molecule has 3 aromatic carbocycles. The molecule has 14 N–H and O–H groups in total. The zero-order valence-electron chi connectivity index (χ0n) is 27.3. The number of carbonyl (C=O) groups is 2. The van der Waals surface area contributed by atoms with E-state index >= 15 is 0 Å². The first-order valence-electron chi connectivity index (χ1n) is 14.3. The van der Waals surface area contributed by atoms with Crippen molar-refractivity contribution in [2.75, 3.05) is 17.7 Å². The molecule has 0 fully saturated rings. The number of methoxy groups -OCH3 is 1. The number of hydrogen-bond acceptors (Lipinski definition) is 11. The fourth-order valence-corrected chi connectivity index (χ4v) is 4.15. The van der Waals surface area contributed by atoms with Crippen LogP contribution in [0.2, 0.25) is 0 Å². The minimum atomic E-state index is -0.789. The molecule has 20 heteroatoms. The molecule has 0 radical (unpaired) electrons. The Bertz CT molecular complexity index is 1920. The molecular weight excluding hydrogens is 650 g/mol. The van der Waals surface area contributed by atoms with Crippen LogP contribution < -0.4 is 48.8 Å². The summed E-state index contributed by atoms with van der Waals surface area (Å²) in [5.41, 5.74) is 25.1. The van der Waals surface area contributed by atoms with Crippen molar-refractivity contribution in [3.05, 3.63) is 92.5 Å². The van der Waals surface area contributed by atoms with Gasteiger partial charge in [-0.1, -0.05) is 0 Å². The molecule has 0 aliphatic heterocycles. The lowest BCUT2D eigenvalue weighted by Gasteiger charge is -2.14. The maximum absolute atomic E-state index is 13.5. The maximum Gasteiger partial charge on any atom is 0.271 e. The number of hydrogen-bond donors (Lipinski definition) is 11. The van der Waals surface area contributed by atoms with Gasteiger partial charge in [0, 0.05) is 40.1 Å². The van der Waals surface area contributed by atoms with Crippen molar-refractivity contribution < 1.29 is 19.2 Å². The molecule has 0 heterocycles. The van der Waals surface area contributed by atoms with Gasteiger partial charge in [0.1, 0.15) is 5.75 Å². The highest BCUT2D eigenvalue weighted by Gasteiger charge is 2.20. The molecule has 0 atom stereocenters. The Morgan fingerprint density at radius 3 is 1.56 bits per heavy atom. The molecule has 20 nitrogen and oxygen atoms in total. The van der Waals surface area contributed by atoms with Crippen molar-refractivity contribution >= 4 is 63.9 Å². The highest BCUT2D eigenvalue weighted by atomic mass is 16.6. The van der Waals surface area contributed by atoms with Gasteiger partial charge in [-0.3, -0.25) is 35.9 Å². The minimum Gasteiger partial charge on any atom is -0.495 e. The fraction of sp³-hybridized carbons (Fsp3) is 0.133. The Morgan fingerprint density at radius 1 is 0.680 bits per heavy atom. The second-order valence-corrected chi connectivity index (χ2v) is 10.3. The van der Waals surface area contributed by atoms with Gasteiger partial charge in [-0.2, -0.15) is 15.3 Å². The van der Waals surface area contributed by atoms with Crippen LogP contribution in [0.25, 0.3) is 0 Å². The first kappa shape index (κ1) is 37.1. The summed E-state index contributed by atoms with van der Waals surface area (Å²) in [5, 5.41) is 51.2. The van der Waals surface area contributed by atoms with Gasteiger partial charge in [0.15, 0.2) is 0 Å². The zero-order chi connectivity index (χ0) is 37.1. The summed E-state index contributed by atoms with van der Waals surface area (Å²) in [6, 6.07) is 12.8. The summed E-state index contributed by atoms with van der Waals surface area (Å²) in [4.78, 5) is 38.1. The van der Waals surface area contributed by atoms with Crippen LogP contribution in [0.15, 0.2) is 69.9 Å². The fourth-order valence-electron chi connectivity index (χ4n) is 4.15. The molecule has 260 valence electrons. The molecule has 0 aromatic heterocycles. The second-order valence-electron chi connectivity index (χ2n) is 10.3. The van der Waals surface area contributed by atoms with Crippen molar-refractivity contribution in [2.24, 2.45) is 32.5 Å². The van der Waals surface area contributed by atoms with Crippen LogP contribution in [0.5, 0.6) is 5.75 Å². The number of rotatable bonds is 12. The molecule has 3 aromatic rings. The van der Waals surface area contributed by atoms with Gasteiger partial charge in [0.2, 0.25) is 17.9 Å². The predicted molar refractivity (Wildman–Crippen MR) is 190 cm³/mol. The van der Waals surface area contributed by atoms with Gasteiger partial charge < -0.3 is 32.6 Å². The van der Waals surface area contributed by atoms with E-state index in [0.29, 0.717) is 33.8 Å². The summed E-state index contributed by atoms with van der Waals surface area (Å²) < 4.78 is 5.36. The molecule has 0 saturated carbocycles. The molecule has 0 aliphatic carbocycles. The standard InChI is InChI=1S/C30H35N15O5/c1-14(39-42-28(31)32)17-5-6-25(50-4)24(13-17)38-27(47)21-8-20(11-23(12-21)45(48)49)26(46)37-22-9-18(15(2)40-43-29(33)34)7-19(10-22)16(3)41-44-30(35)36/h5-13H,1-4H3,(H,37,46)(H,38,47)(H4,31,32,42)(H4,33,34,43)(H4,35,36,44)/b39-14+,40-15+,41-16+.